The Morgan fingerprint density at radius 1 is 1.10 bits per heavy atom. The van der Waals surface area contributed by atoms with Crippen LogP contribution in [0.4, 0.5) is 0 Å². The van der Waals surface area contributed by atoms with Gasteiger partial charge in [0.05, 0.1) is 5.41 Å². The quantitative estimate of drug-likeness (QED) is 0.894. The molecule has 0 spiro atoms. The van der Waals surface area contributed by atoms with Crippen LogP contribution >= 0.6 is 0 Å². The van der Waals surface area contributed by atoms with Gasteiger partial charge in [-0.15, -0.1) is 0 Å². The third kappa shape index (κ3) is 1.69. The zero-order chi connectivity index (χ0) is 14.5. The minimum atomic E-state index is -0.571. The van der Waals surface area contributed by atoms with E-state index in [9.17, 15) is 4.79 Å². The number of rotatable bonds is 2. The molecule has 20 heavy (non-hydrogen) atoms. The van der Waals surface area contributed by atoms with Crippen molar-refractivity contribution >= 4 is 5.91 Å². The lowest BCUT2D eigenvalue weighted by Crippen LogP contribution is -2.37. The number of nitrogens with two attached hydrogens (primary N) is 1. The lowest BCUT2D eigenvalue weighted by Gasteiger charge is -2.25. The van der Waals surface area contributed by atoms with E-state index in [-0.39, 0.29) is 11.3 Å². The number of fused-ring (bicyclic) bond motifs is 1. The summed E-state index contributed by atoms with van der Waals surface area (Å²) < 4.78 is 2.09. The molecule has 3 rings (SSSR count). The third-order valence-corrected chi connectivity index (χ3v) is 4.54. The molecule has 0 bridgehead atoms. The maximum absolute atomic E-state index is 11.9. The molecule has 3 heteroatoms. The molecule has 0 saturated heterocycles. The normalized spacial score (nSPS) is 23.6. The highest BCUT2D eigenvalue weighted by Crippen LogP contribution is 2.50. The van der Waals surface area contributed by atoms with Crippen molar-refractivity contribution in [3.05, 3.63) is 53.9 Å². The lowest BCUT2D eigenvalue weighted by atomic mass is 9.79. The number of benzene rings is 1. The predicted octanol–water partition coefficient (Wildman–Crippen LogP) is 2.90. The van der Waals surface area contributed by atoms with Crippen LogP contribution in [0.15, 0.2) is 42.7 Å². The fourth-order valence-electron chi connectivity index (χ4n) is 3.48. The Morgan fingerprint density at radius 2 is 1.70 bits per heavy atom. The molecule has 0 aliphatic heterocycles. The molecular weight excluding hydrogens is 248 g/mol. The monoisotopic (exact) mass is 268 g/mol. The first-order valence-electron chi connectivity index (χ1n) is 6.93. The second-order valence-corrected chi connectivity index (χ2v) is 6.59. The molecule has 1 aromatic heterocycles. The summed E-state index contributed by atoms with van der Waals surface area (Å²) in [6.07, 6.45) is 4.97. The number of amides is 1. The van der Waals surface area contributed by atoms with Crippen molar-refractivity contribution in [3.63, 3.8) is 0 Å². The van der Waals surface area contributed by atoms with Crippen molar-refractivity contribution in [3.8, 4) is 5.69 Å². The van der Waals surface area contributed by atoms with Crippen molar-refractivity contribution < 1.29 is 4.79 Å². The number of nitrogens with zero attached hydrogens (tertiary/aromatic N) is 1. The van der Waals surface area contributed by atoms with Gasteiger partial charge in [0.1, 0.15) is 0 Å². The summed E-state index contributed by atoms with van der Waals surface area (Å²) in [7, 11) is 0. The van der Waals surface area contributed by atoms with Crippen LogP contribution < -0.4 is 5.73 Å². The van der Waals surface area contributed by atoms with E-state index in [1.165, 1.54) is 5.56 Å². The molecule has 0 radical (unpaired) electrons. The van der Waals surface area contributed by atoms with Crippen LogP contribution in [0.5, 0.6) is 0 Å². The highest BCUT2D eigenvalue weighted by atomic mass is 16.1. The number of hydrogen-bond donors (Lipinski definition) is 1. The number of para-hydroxylation sites is 1. The minimum Gasteiger partial charge on any atom is -0.369 e. The molecule has 1 amide bonds. The molecular formula is C17H20N2O. The van der Waals surface area contributed by atoms with E-state index >= 15 is 0 Å². The van der Waals surface area contributed by atoms with Gasteiger partial charge in [-0.2, -0.15) is 0 Å². The van der Waals surface area contributed by atoms with Crippen LogP contribution in [0, 0.1) is 0 Å². The number of primary amides is 1. The van der Waals surface area contributed by atoms with E-state index in [0.717, 1.165) is 17.7 Å². The van der Waals surface area contributed by atoms with Crippen LogP contribution in [0.1, 0.15) is 38.3 Å². The fourth-order valence-corrected chi connectivity index (χ4v) is 3.48. The van der Waals surface area contributed by atoms with Gasteiger partial charge in [-0.1, -0.05) is 32.0 Å². The summed E-state index contributed by atoms with van der Waals surface area (Å²) in [6.45, 7) is 6.31. The summed E-state index contributed by atoms with van der Waals surface area (Å²) in [6, 6.07) is 10.1. The van der Waals surface area contributed by atoms with Crippen molar-refractivity contribution in [1.29, 1.82) is 0 Å². The third-order valence-electron chi connectivity index (χ3n) is 4.54. The van der Waals surface area contributed by atoms with Gasteiger partial charge in [-0.3, -0.25) is 4.79 Å². The van der Waals surface area contributed by atoms with E-state index in [1.54, 1.807) is 0 Å². The SMILES string of the molecule is CC1(C)C[C@@](C)(C(N)=O)c2cn(-c3ccccc3)cc21. The lowest BCUT2D eigenvalue weighted by molar-refractivity contribution is -0.123. The van der Waals surface area contributed by atoms with E-state index in [2.05, 4.69) is 42.9 Å². The Morgan fingerprint density at radius 3 is 2.30 bits per heavy atom. The van der Waals surface area contributed by atoms with E-state index in [1.807, 2.05) is 25.1 Å². The molecule has 2 N–H and O–H groups in total. The first-order valence-corrected chi connectivity index (χ1v) is 6.93. The van der Waals surface area contributed by atoms with E-state index in [0.29, 0.717) is 0 Å². The van der Waals surface area contributed by atoms with Crippen LogP contribution in [0.25, 0.3) is 5.69 Å². The summed E-state index contributed by atoms with van der Waals surface area (Å²) >= 11 is 0. The molecule has 1 heterocycles. The number of carbonyl (C=O) groups excluding carboxylic acids is 1. The average Bonchev–Trinajstić information content (AvgIpc) is 2.91. The van der Waals surface area contributed by atoms with Gasteiger partial charge in [0, 0.05) is 18.1 Å². The number of carbonyl (C=O) groups is 1. The molecule has 0 fully saturated rings. The molecule has 1 atom stereocenters. The first-order chi connectivity index (χ1) is 9.34. The Hall–Kier alpha value is -2.03. The van der Waals surface area contributed by atoms with Gasteiger partial charge in [-0.25, -0.2) is 0 Å². The van der Waals surface area contributed by atoms with Crippen molar-refractivity contribution in [1.82, 2.24) is 4.57 Å². The predicted molar refractivity (Wildman–Crippen MR) is 80.0 cm³/mol. The van der Waals surface area contributed by atoms with Gasteiger partial charge in [0.25, 0.3) is 0 Å². The summed E-state index contributed by atoms with van der Waals surface area (Å²) in [5.74, 6) is -0.241. The van der Waals surface area contributed by atoms with Gasteiger partial charge >= 0.3 is 0 Å². The smallest absolute Gasteiger partial charge is 0.227 e. The highest BCUT2D eigenvalue weighted by molar-refractivity contribution is 5.88. The van der Waals surface area contributed by atoms with Crippen molar-refractivity contribution in [2.24, 2.45) is 5.73 Å². The van der Waals surface area contributed by atoms with Gasteiger partial charge in [0.15, 0.2) is 0 Å². The molecule has 2 aromatic rings. The zero-order valence-corrected chi connectivity index (χ0v) is 12.2. The van der Waals surface area contributed by atoms with Gasteiger partial charge < -0.3 is 10.3 Å². The average molecular weight is 268 g/mol. The van der Waals surface area contributed by atoms with Gasteiger partial charge in [-0.05, 0) is 42.0 Å². The molecule has 0 unspecified atom stereocenters. The standard InChI is InChI=1S/C17H20N2O/c1-16(2)11-17(3,15(18)20)14-10-19(9-13(14)16)12-7-5-4-6-8-12/h4-10H,11H2,1-3H3,(H2,18,20)/t17-/m1/s1. The largest absolute Gasteiger partial charge is 0.369 e. The maximum Gasteiger partial charge on any atom is 0.227 e. The van der Waals surface area contributed by atoms with Gasteiger partial charge in [0.2, 0.25) is 5.91 Å². The maximum atomic E-state index is 11.9. The Kier molecular flexibility index (Phi) is 2.58. The topological polar surface area (TPSA) is 48.0 Å². The molecule has 1 aliphatic rings. The van der Waals surface area contributed by atoms with Crippen LogP contribution in [0.2, 0.25) is 0 Å². The van der Waals surface area contributed by atoms with Crippen LogP contribution in [-0.2, 0) is 15.6 Å². The second kappa shape index (κ2) is 3.98. The Balaban J connectivity index is 2.17. The Labute approximate surface area is 119 Å². The first kappa shape index (κ1) is 13.0. The van der Waals surface area contributed by atoms with E-state index < -0.39 is 5.41 Å². The van der Waals surface area contributed by atoms with Crippen molar-refractivity contribution in [2.45, 2.75) is 38.0 Å². The van der Waals surface area contributed by atoms with Crippen molar-refractivity contribution in [2.75, 3.05) is 0 Å². The van der Waals surface area contributed by atoms with E-state index in [4.69, 9.17) is 5.73 Å². The van der Waals surface area contributed by atoms with Crippen LogP contribution in [0.3, 0.4) is 0 Å². The zero-order valence-electron chi connectivity index (χ0n) is 12.2. The number of hydrogen-bond acceptors (Lipinski definition) is 1. The molecule has 0 saturated carbocycles. The second-order valence-electron chi connectivity index (χ2n) is 6.59. The molecule has 104 valence electrons. The molecule has 1 aliphatic carbocycles. The Bertz CT molecular complexity index is 670. The fraction of sp³-hybridized carbons (Fsp3) is 0.353. The number of aromatic nitrogens is 1. The van der Waals surface area contributed by atoms with Crippen LogP contribution in [-0.4, -0.2) is 10.5 Å². The summed E-state index contributed by atoms with van der Waals surface area (Å²) in [4.78, 5) is 11.9. The summed E-state index contributed by atoms with van der Waals surface area (Å²) in [5.41, 5.74) is 8.46. The minimum absolute atomic E-state index is 0.0286. The summed E-state index contributed by atoms with van der Waals surface area (Å²) in [5, 5.41) is 0. The molecule has 1 aromatic carbocycles. The highest BCUT2D eigenvalue weighted by Gasteiger charge is 2.49. The molecule has 3 nitrogen and oxygen atoms in total.